The number of carbonyl (C=O) groups excluding carboxylic acids is 3. The van der Waals surface area contributed by atoms with Gasteiger partial charge in [-0.05, 0) is 92.6 Å². The Morgan fingerprint density at radius 3 is 2.50 bits per heavy atom. The Morgan fingerprint density at radius 2 is 1.71 bits per heavy atom. The van der Waals surface area contributed by atoms with Gasteiger partial charge in [0.05, 0.1) is 11.2 Å². The minimum atomic E-state index is -1.02. The fourth-order valence-electron chi connectivity index (χ4n) is 11.2. The molecule has 4 aliphatic carbocycles. The van der Waals surface area contributed by atoms with Crippen molar-refractivity contribution in [1.82, 2.24) is 19.7 Å². The van der Waals surface area contributed by atoms with Gasteiger partial charge in [0.15, 0.2) is 5.78 Å². The van der Waals surface area contributed by atoms with E-state index in [0.29, 0.717) is 81.4 Å². The number of likely N-dealkylation sites (tertiary alicyclic amines) is 1. The number of hydrogen-bond acceptors (Lipinski definition) is 6. The van der Waals surface area contributed by atoms with Gasteiger partial charge in [0, 0.05) is 49.9 Å². The predicted octanol–water partition coefficient (Wildman–Crippen LogP) is 5.06. The second-order valence-corrected chi connectivity index (χ2v) is 16.0. The molecule has 5 fully saturated rings. The van der Waals surface area contributed by atoms with E-state index in [1.165, 1.54) is 0 Å². The Balaban J connectivity index is 0.957. The molecule has 8 rings (SSSR count). The van der Waals surface area contributed by atoms with Crippen LogP contribution in [0.3, 0.4) is 0 Å². The number of benzene rings is 1. The second-order valence-electron chi connectivity index (χ2n) is 16.0. The topological polar surface area (TPSA) is 94.0 Å². The lowest BCUT2D eigenvalue weighted by atomic mass is 9.45. The number of amides is 2. The van der Waals surface area contributed by atoms with Crippen molar-refractivity contribution in [2.75, 3.05) is 32.7 Å². The molecule has 1 N–H and O–H groups in total. The first-order valence-corrected chi connectivity index (χ1v) is 18.2. The highest BCUT2D eigenvalue weighted by Crippen LogP contribution is 2.67. The van der Waals surface area contributed by atoms with Crippen molar-refractivity contribution in [3.05, 3.63) is 53.9 Å². The smallest absolute Gasteiger partial charge is 0.273 e. The maximum atomic E-state index is 13.9. The van der Waals surface area contributed by atoms with E-state index in [-0.39, 0.29) is 28.4 Å². The fraction of sp³-hybridized carbons (Fsp3) is 0.600. The van der Waals surface area contributed by atoms with Crippen molar-refractivity contribution < 1.29 is 19.5 Å². The van der Waals surface area contributed by atoms with Gasteiger partial charge in [-0.1, -0.05) is 50.1 Å². The van der Waals surface area contributed by atoms with Crippen LogP contribution in [0.1, 0.15) is 82.1 Å². The third kappa shape index (κ3) is 4.67. The Hall–Kier alpha value is -3.70. The van der Waals surface area contributed by atoms with Gasteiger partial charge < -0.3 is 19.8 Å². The monoisotopic (exact) mass is 648 g/mol. The number of terminal acetylenes is 1. The van der Waals surface area contributed by atoms with Crippen molar-refractivity contribution in [2.45, 2.75) is 83.3 Å². The van der Waals surface area contributed by atoms with Crippen molar-refractivity contribution in [3.63, 3.8) is 0 Å². The number of fused-ring (bicyclic) bond motifs is 6. The highest BCUT2D eigenvalue weighted by atomic mass is 16.3. The van der Waals surface area contributed by atoms with Crippen LogP contribution in [-0.4, -0.2) is 86.8 Å². The Kier molecular flexibility index (Phi) is 7.52. The van der Waals surface area contributed by atoms with Crippen molar-refractivity contribution in [2.24, 2.45) is 34.5 Å². The molecule has 0 unspecified atom stereocenters. The van der Waals surface area contributed by atoms with E-state index in [9.17, 15) is 19.5 Å². The fourth-order valence-corrected chi connectivity index (χ4v) is 11.2. The number of nitrogens with zero attached hydrogens (tertiary/aromatic N) is 4. The molecule has 8 nitrogen and oxygen atoms in total. The number of Topliss-reactive ketones (excluding diaryl/α,β-unsaturated/α-hetero) is 1. The molecule has 0 spiro atoms. The summed E-state index contributed by atoms with van der Waals surface area (Å²) >= 11 is 0. The van der Waals surface area contributed by atoms with Crippen molar-refractivity contribution >= 4 is 28.5 Å². The molecule has 48 heavy (non-hydrogen) atoms. The molecule has 6 aliphatic rings. The zero-order valence-electron chi connectivity index (χ0n) is 28.4. The van der Waals surface area contributed by atoms with Crippen LogP contribution in [0, 0.1) is 46.8 Å². The summed E-state index contributed by atoms with van der Waals surface area (Å²) in [5, 5.41) is 12.4. The quantitative estimate of drug-likeness (QED) is 0.468. The summed E-state index contributed by atoms with van der Waals surface area (Å²) in [4.78, 5) is 51.5. The standard InChI is InChI=1S/C40H48N4O4/c1-4-40(48)18-16-30-28-13-12-27-24-35(45)34(25-38(27,2)29(28)15-17-39(30,40)3)42-20-22-43(23-21-42)37(47)33-10-7-19-44(33)36(46)32-14-11-26-8-5-6-9-31(26)41-32/h1,5-6,8-9,11,14,25,27-30,33,48H,7,10,12-13,15-24H2,2-3H3/t27-,28+,29-,30-,33-,38-,39-,40-/m0/s1. The molecule has 0 bridgehead atoms. The normalized spacial score (nSPS) is 37.8. The average Bonchev–Trinajstić information content (AvgIpc) is 3.70. The minimum Gasteiger partial charge on any atom is -0.377 e. The van der Waals surface area contributed by atoms with Crippen LogP contribution in [-0.2, 0) is 9.59 Å². The Morgan fingerprint density at radius 1 is 0.938 bits per heavy atom. The first-order valence-electron chi connectivity index (χ1n) is 18.2. The lowest BCUT2D eigenvalue weighted by Crippen LogP contribution is -2.57. The van der Waals surface area contributed by atoms with Crippen LogP contribution in [0.15, 0.2) is 48.2 Å². The lowest BCUT2D eigenvalue weighted by molar-refractivity contribution is -0.137. The van der Waals surface area contributed by atoms with E-state index in [4.69, 9.17) is 6.42 Å². The Bertz CT molecular complexity index is 1740. The van der Waals surface area contributed by atoms with Crippen LogP contribution in [0.2, 0.25) is 0 Å². The van der Waals surface area contributed by atoms with Gasteiger partial charge in [0.25, 0.3) is 5.91 Å². The largest absolute Gasteiger partial charge is 0.377 e. The zero-order chi connectivity index (χ0) is 33.4. The van der Waals surface area contributed by atoms with E-state index in [0.717, 1.165) is 55.1 Å². The maximum Gasteiger partial charge on any atom is 0.273 e. The molecule has 1 aromatic carbocycles. The number of aliphatic hydroxyl groups is 1. The summed E-state index contributed by atoms with van der Waals surface area (Å²) in [6.45, 7) is 7.46. The van der Waals surface area contributed by atoms with Gasteiger partial charge in [0.2, 0.25) is 5.91 Å². The van der Waals surface area contributed by atoms with Crippen LogP contribution < -0.4 is 0 Å². The van der Waals surface area contributed by atoms with Crippen LogP contribution >= 0.6 is 0 Å². The summed E-state index contributed by atoms with van der Waals surface area (Å²) in [6.07, 6.45) is 16.0. The number of hydrogen-bond donors (Lipinski definition) is 1. The van der Waals surface area contributed by atoms with Gasteiger partial charge in [-0.3, -0.25) is 14.4 Å². The van der Waals surface area contributed by atoms with Gasteiger partial charge in [-0.25, -0.2) is 4.98 Å². The molecule has 2 aromatic rings. The molecular formula is C40H48N4O4. The lowest BCUT2D eigenvalue weighted by Gasteiger charge is -2.60. The van der Waals surface area contributed by atoms with Crippen LogP contribution in [0.4, 0.5) is 0 Å². The molecule has 3 heterocycles. The number of rotatable bonds is 3. The average molecular weight is 649 g/mol. The summed E-state index contributed by atoms with van der Waals surface area (Å²) in [5.41, 5.74) is 0.656. The third-order valence-corrected chi connectivity index (χ3v) is 14.1. The number of carbonyl (C=O) groups is 3. The van der Waals surface area contributed by atoms with Crippen molar-refractivity contribution in [1.29, 1.82) is 0 Å². The van der Waals surface area contributed by atoms with Crippen molar-refractivity contribution in [3.8, 4) is 12.3 Å². The van der Waals surface area contributed by atoms with Gasteiger partial charge in [-0.15, -0.1) is 6.42 Å². The number of piperazine rings is 1. The Labute approximate surface area is 283 Å². The molecule has 0 radical (unpaired) electrons. The first kappa shape index (κ1) is 31.6. The van der Waals surface area contributed by atoms with Crippen LogP contribution in [0.25, 0.3) is 10.9 Å². The summed E-state index contributed by atoms with van der Waals surface area (Å²) in [6, 6.07) is 10.9. The predicted molar refractivity (Wildman–Crippen MR) is 183 cm³/mol. The van der Waals surface area contributed by atoms with Gasteiger partial charge >= 0.3 is 0 Å². The summed E-state index contributed by atoms with van der Waals surface area (Å²) in [5.74, 6) is 4.58. The van der Waals surface area contributed by atoms with E-state index >= 15 is 0 Å². The summed E-state index contributed by atoms with van der Waals surface area (Å²) < 4.78 is 0. The second kappa shape index (κ2) is 11.4. The maximum absolute atomic E-state index is 13.9. The van der Waals surface area contributed by atoms with Gasteiger partial charge in [-0.2, -0.15) is 0 Å². The van der Waals surface area contributed by atoms with Crippen LogP contribution in [0.5, 0.6) is 0 Å². The molecule has 2 aliphatic heterocycles. The van der Waals surface area contributed by atoms with E-state index in [1.807, 2.05) is 35.2 Å². The number of ketones is 1. The minimum absolute atomic E-state index is 0.00105. The molecule has 1 aromatic heterocycles. The van der Waals surface area contributed by atoms with Gasteiger partial charge in [0.1, 0.15) is 17.3 Å². The number of pyridine rings is 1. The molecule has 8 atom stereocenters. The third-order valence-electron chi connectivity index (χ3n) is 14.1. The molecule has 2 saturated heterocycles. The number of allylic oxidation sites excluding steroid dienone is 2. The SMILES string of the molecule is C#C[C@]1(O)CC[C@H]2[C@@H]3CC[C@H]4CC(=O)C(N5CCN(C(=O)[C@@H]6CCCN6C(=O)c6ccc7ccccc7n6)CC5)=C[C@]4(C)[C@H]3CC[C@@]21C. The molecular weight excluding hydrogens is 600 g/mol. The molecule has 3 saturated carbocycles. The van der Waals surface area contributed by atoms with E-state index in [2.05, 4.69) is 35.7 Å². The highest BCUT2D eigenvalue weighted by Gasteiger charge is 2.64. The molecule has 252 valence electrons. The molecule has 8 heteroatoms. The zero-order valence-corrected chi connectivity index (χ0v) is 28.4. The highest BCUT2D eigenvalue weighted by molar-refractivity contribution is 5.98. The first-order chi connectivity index (χ1) is 23.1. The number of aromatic nitrogens is 1. The van der Waals surface area contributed by atoms with E-state index < -0.39 is 11.6 Å². The molecule has 2 amide bonds. The summed E-state index contributed by atoms with van der Waals surface area (Å²) in [7, 11) is 0. The van der Waals surface area contributed by atoms with E-state index in [1.54, 1.807) is 11.0 Å². The number of para-hydroxylation sites is 1.